The molecule has 0 atom stereocenters. The Kier molecular flexibility index (Phi) is 4.78. The van der Waals surface area contributed by atoms with Crippen molar-refractivity contribution in [2.24, 2.45) is 11.8 Å². The van der Waals surface area contributed by atoms with Gasteiger partial charge in [-0.05, 0) is 68.0 Å². The minimum absolute atomic E-state index is 0.00239. The number of carbonyl (C=O) groups is 1. The van der Waals surface area contributed by atoms with E-state index in [0.29, 0.717) is 23.4 Å². The van der Waals surface area contributed by atoms with Crippen LogP contribution in [0.3, 0.4) is 0 Å². The number of nitrogens with zero attached hydrogens (tertiary/aromatic N) is 3. The van der Waals surface area contributed by atoms with Gasteiger partial charge in [0.05, 0.1) is 5.39 Å². The molecule has 5 rings (SSSR count). The van der Waals surface area contributed by atoms with E-state index in [1.807, 2.05) is 42.6 Å². The molecule has 2 heterocycles. The van der Waals surface area contributed by atoms with Gasteiger partial charge in [-0.25, -0.2) is 4.68 Å². The fraction of sp³-hybridized carbons (Fsp3) is 0.304. The fourth-order valence-electron chi connectivity index (χ4n) is 4.37. The quantitative estimate of drug-likeness (QED) is 0.545. The molecule has 1 amide bonds. The van der Waals surface area contributed by atoms with Gasteiger partial charge in [0.15, 0.2) is 0 Å². The molecule has 1 aliphatic carbocycles. The lowest BCUT2D eigenvalue weighted by Gasteiger charge is -2.27. The maximum Gasteiger partial charge on any atom is 0.277 e. The number of nitrogens with one attached hydrogen (secondary N) is 2. The molecule has 1 fully saturated rings. The highest BCUT2D eigenvalue weighted by Crippen LogP contribution is 2.30. The molecule has 0 saturated heterocycles. The molecule has 2 aromatic heterocycles. The number of fused-ring (bicyclic) bond motifs is 2. The van der Waals surface area contributed by atoms with Gasteiger partial charge in [-0.2, -0.15) is 0 Å². The largest absolute Gasteiger partial charge is 0.361 e. The summed E-state index contributed by atoms with van der Waals surface area (Å²) in [4.78, 5) is 28.5. The van der Waals surface area contributed by atoms with Gasteiger partial charge in [0.25, 0.3) is 5.56 Å². The summed E-state index contributed by atoms with van der Waals surface area (Å²) in [6.07, 6.45) is 5.33. The van der Waals surface area contributed by atoms with E-state index >= 15 is 0 Å². The van der Waals surface area contributed by atoms with Crippen molar-refractivity contribution in [2.45, 2.75) is 32.2 Å². The number of aromatic amines is 1. The van der Waals surface area contributed by atoms with Crippen LogP contribution in [-0.2, 0) is 11.3 Å². The van der Waals surface area contributed by atoms with Gasteiger partial charge in [-0.15, -0.1) is 5.10 Å². The van der Waals surface area contributed by atoms with Gasteiger partial charge in [0.1, 0.15) is 5.52 Å². The number of hydrogen-bond acceptors (Lipinski definition) is 4. The van der Waals surface area contributed by atoms with Crippen molar-refractivity contribution in [2.75, 3.05) is 5.32 Å². The molecule has 2 aromatic carbocycles. The second-order valence-electron chi connectivity index (χ2n) is 8.08. The van der Waals surface area contributed by atoms with E-state index in [0.717, 1.165) is 42.3 Å². The molecule has 0 aliphatic heterocycles. The third-order valence-electron chi connectivity index (χ3n) is 6.10. The lowest BCUT2D eigenvalue weighted by atomic mass is 9.81. The molecule has 7 heteroatoms. The molecule has 7 nitrogen and oxygen atoms in total. The summed E-state index contributed by atoms with van der Waals surface area (Å²) in [5, 5.41) is 13.0. The van der Waals surface area contributed by atoms with E-state index in [4.69, 9.17) is 0 Å². The standard InChI is InChI=1S/C23H23N5O2/c29-22(25-18-9-10-20-17(13-18)11-12-24-20)16-7-5-15(6-8-16)14-28-23(30)19-3-1-2-4-21(19)26-27-28/h1-4,9-13,15-16,24H,5-8,14H2,(H,25,29). The first-order valence-electron chi connectivity index (χ1n) is 10.4. The van der Waals surface area contributed by atoms with Gasteiger partial charge in [0, 0.05) is 35.2 Å². The van der Waals surface area contributed by atoms with E-state index in [2.05, 4.69) is 20.6 Å². The van der Waals surface area contributed by atoms with Gasteiger partial charge < -0.3 is 10.3 Å². The van der Waals surface area contributed by atoms with E-state index in [1.54, 1.807) is 12.1 Å². The zero-order valence-corrected chi connectivity index (χ0v) is 16.5. The van der Waals surface area contributed by atoms with Crippen molar-refractivity contribution >= 4 is 33.4 Å². The summed E-state index contributed by atoms with van der Waals surface area (Å²) in [5.74, 6) is 0.409. The van der Waals surface area contributed by atoms with Crippen molar-refractivity contribution in [3.63, 3.8) is 0 Å². The zero-order chi connectivity index (χ0) is 20.5. The molecule has 152 valence electrons. The Labute approximate surface area is 173 Å². The molecule has 1 aliphatic rings. The highest BCUT2D eigenvalue weighted by atomic mass is 16.2. The number of amides is 1. The minimum Gasteiger partial charge on any atom is -0.361 e. The average Bonchev–Trinajstić information content (AvgIpc) is 3.24. The topological polar surface area (TPSA) is 92.7 Å². The number of anilines is 1. The number of rotatable bonds is 4. The summed E-state index contributed by atoms with van der Waals surface area (Å²) in [7, 11) is 0. The predicted octanol–water partition coefficient (Wildman–Crippen LogP) is 3.72. The van der Waals surface area contributed by atoms with Crippen molar-refractivity contribution in [3.8, 4) is 0 Å². The van der Waals surface area contributed by atoms with Crippen molar-refractivity contribution in [1.29, 1.82) is 0 Å². The monoisotopic (exact) mass is 401 g/mol. The van der Waals surface area contributed by atoms with Crippen molar-refractivity contribution < 1.29 is 4.79 Å². The van der Waals surface area contributed by atoms with Crippen LogP contribution in [0.2, 0.25) is 0 Å². The first-order valence-corrected chi connectivity index (χ1v) is 10.4. The number of aromatic nitrogens is 4. The molecule has 1 saturated carbocycles. The molecule has 4 aromatic rings. The summed E-state index contributed by atoms with van der Waals surface area (Å²) >= 11 is 0. The van der Waals surface area contributed by atoms with Crippen LogP contribution >= 0.6 is 0 Å². The Morgan fingerprint density at radius 3 is 2.80 bits per heavy atom. The molecular formula is C23H23N5O2. The van der Waals surface area contributed by atoms with E-state index in [1.165, 1.54) is 4.68 Å². The Morgan fingerprint density at radius 1 is 1.10 bits per heavy atom. The second-order valence-corrected chi connectivity index (χ2v) is 8.08. The first kappa shape index (κ1) is 18.5. The predicted molar refractivity (Wildman–Crippen MR) is 116 cm³/mol. The Morgan fingerprint density at radius 2 is 1.93 bits per heavy atom. The van der Waals surface area contributed by atoms with Gasteiger partial charge in [-0.1, -0.05) is 17.3 Å². The first-order chi connectivity index (χ1) is 14.7. The van der Waals surface area contributed by atoms with Gasteiger partial charge >= 0.3 is 0 Å². The van der Waals surface area contributed by atoms with E-state index in [-0.39, 0.29) is 17.4 Å². The highest BCUT2D eigenvalue weighted by molar-refractivity contribution is 5.95. The lowest BCUT2D eigenvalue weighted by Crippen LogP contribution is -2.32. The Balaban J connectivity index is 1.20. The van der Waals surface area contributed by atoms with Crippen LogP contribution in [0.15, 0.2) is 59.5 Å². The van der Waals surface area contributed by atoms with E-state index in [9.17, 15) is 9.59 Å². The summed E-state index contributed by atoms with van der Waals surface area (Å²) in [6.45, 7) is 0.551. The van der Waals surface area contributed by atoms with Crippen molar-refractivity contribution in [3.05, 3.63) is 65.1 Å². The lowest BCUT2D eigenvalue weighted by molar-refractivity contribution is -0.121. The Bertz CT molecular complexity index is 1270. The molecule has 2 N–H and O–H groups in total. The van der Waals surface area contributed by atoms with Crippen molar-refractivity contribution in [1.82, 2.24) is 20.0 Å². The SMILES string of the molecule is O=C(Nc1ccc2[nH]ccc2c1)C1CCC(Cn2nnc3ccccc3c2=O)CC1. The van der Waals surface area contributed by atoms with Gasteiger partial charge in [-0.3, -0.25) is 9.59 Å². The molecule has 0 bridgehead atoms. The zero-order valence-electron chi connectivity index (χ0n) is 16.5. The summed E-state index contributed by atoms with van der Waals surface area (Å²) in [6, 6.07) is 15.2. The van der Waals surface area contributed by atoms with Crippen LogP contribution in [0.4, 0.5) is 5.69 Å². The van der Waals surface area contributed by atoms with Gasteiger partial charge in [0.2, 0.25) is 5.91 Å². The molecule has 0 unspecified atom stereocenters. The normalized spacial score (nSPS) is 19.2. The van der Waals surface area contributed by atoms with Crippen LogP contribution in [-0.4, -0.2) is 25.9 Å². The van der Waals surface area contributed by atoms with Crippen LogP contribution in [0, 0.1) is 11.8 Å². The maximum atomic E-state index is 12.7. The number of H-pyrrole nitrogens is 1. The molecule has 0 radical (unpaired) electrons. The third-order valence-corrected chi connectivity index (χ3v) is 6.10. The smallest absolute Gasteiger partial charge is 0.277 e. The summed E-state index contributed by atoms with van der Waals surface area (Å²) < 4.78 is 1.47. The van der Waals surface area contributed by atoms with Crippen LogP contribution < -0.4 is 10.9 Å². The number of hydrogen-bond donors (Lipinski definition) is 2. The van der Waals surface area contributed by atoms with E-state index < -0.39 is 0 Å². The van der Waals surface area contributed by atoms with Crippen LogP contribution in [0.1, 0.15) is 25.7 Å². The molecule has 0 spiro atoms. The van der Waals surface area contributed by atoms with Crippen LogP contribution in [0.5, 0.6) is 0 Å². The molecular weight excluding hydrogens is 378 g/mol. The minimum atomic E-state index is -0.0967. The summed E-state index contributed by atoms with van der Waals surface area (Å²) in [5.41, 5.74) is 2.41. The second kappa shape index (κ2) is 7.74. The number of carbonyl (C=O) groups excluding carboxylic acids is 1. The average molecular weight is 401 g/mol. The Hall–Kier alpha value is -3.48. The highest BCUT2D eigenvalue weighted by Gasteiger charge is 2.27. The maximum absolute atomic E-state index is 12.7. The number of benzene rings is 2. The fourth-order valence-corrected chi connectivity index (χ4v) is 4.37. The third kappa shape index (κ3) is 3.58. The van der Waals surface area contributed by atoms with Crippen LogP contribution in [0.25, 0.3) is 21.8 Å². The molecule has 30 heavy (non-hydrogen) atoms.